The summed E-state index contributed by atoms with van der Waals surface area (Å²) in [5.41, 5.74) is 2.39. The van der Waals surface area contributed by atoms with Gasteiger partial charge in [-0.25, -0.2) is 4.98 Å². The molecule has 21 heavy (non-hydrogen) atoms. The van der Waals surface area contributed by atoms with Gasteiger partial charge in [0.2, 0.25) is 0 Å². The predicted octanol–water partition coefficient (Wildman–Crippen LogP) is 5.32. The summed E-state index contributed by atoms with van der Waals surface area (Å²) >= 11 is 7.05. The summed E-state index contributed by atoms with van der Waals surface area (Å²) in [6, 6.07) is 14.7. The van der Waals surface area contributed by atoms with Crippen molar-refractivity contribution in [3.8, 4) is 0 Å². The Hall–Kier alpha value is -0.880. The normalized spacial score (nSPS) is 11.1. The van der Waals surface area contributed by atoms with E-state index in [2.05, 4.69) is 64.6 Å². The largest absolute Gasteiger partial charge is 0.313 e. The molecule has 0 atom stereocenters. The van der Waals surface area contributed by atoms with Crippen LogP contribution in [0, 0.1) is 0 Å². The minimum absolute atomic E-state index is 0.886. The van der Waals surface area contributed by atoms with E-state index in [1.807, 2.05) is 6.07 Å². The molecule has 0 fully saturated rings. The first kappa shape index (κ1) is 15.0. The van der Waals surface area contributed by atoms with Crippen molar-refractivity contribution in [2.24, 2.45) is 0 Å². The summed E-state index contributed by atoms with van der Waals surface area (Å²) in [6.07, 6.45) is 0. The summed E-state index contributed by atoms with van der Waals surface area (Å²) in [6.45, 7) is 3.98. The zero-order valence-electron chi connectivity index (χ0n) is 11.6. The van der Waals surface area contributed by atoms with Crippen LogP contribution in [-0.4, -0.2) is 11.5 Å². The van der Waals surface area contributed by atoms with Gasteiger partial charge in [0.25, 0.3) is 0 Å². The molecule has 0 amide bonds. The zero-order valence-corrected chi connectivity index (χ0v) is 14.8. The second-order valence-corrected chi connectivity index (χ2v) is 7.82. The third-order valence-electron chi connectivity index (χ3n) is 3.07. The van der Waals surface area contributed by atoms with Crippen molar-refractivity contribution in [2.75, 3.05) is 6.54 Å². The molecule has 1 N–H and O–H groups in total. The van der Waals surface area contributed by atoms with Crippen LogP contribution >= 0.6 is 39.0 Å². The number of hydrogen-bond donors (Lipinski definition) is 1. The molecule has 2 nitrogen and oxygen atoms in total. The van der Waals surface area contributed by atoms with Gasteiger partial charge in [-0.05, 0) is 36.4 Å². The Bertz CT molecular complexity index is 722. The van der Waals surface area contributed by atoms with Crippen LogP contribution < -0.4 is 5.32 Å². The molecule has 1 heterocycles. The Morgan fingerprint density at radius 1 is 1.24 bits per heavy atom. The number of aromatic nitrogens is 1. The van der Waals surface area contributed by atoms with E-state index in [0.717, 1.165) is 27.4 Å². The highest BCUT2D eigenvalue weighted by molar-refractivity contribution is 9.10. The fraction of sp³-hybridized carbons (Fsp3) is 0.188. The van der Waals surface area contributed by atoms with E-state index in [0.29, 0.717) is 0 Å². The number of thiazole rings is 1. The molecule has 3 aromatic rings. The Balaban J connectivity index is 1.90. The van der Waals surface area contributed by atoms with Gasteiger partial charge in [-0.3, -0.25) is 0 Å². The van der Waals surface area contributed by atoms with Crippen molar-refractivity contribution in [3.63, 3.8) is 0 Å². The molecule has 0 unspecified atom stereocenters. The lowest BCUT2D eigenvalue weighted by molar-refractivity contribution is 0.718. The van der Waals surface area contributed by atoms with Gasteiger partial charge in [0.05, 0.1) is 10.2 Å². The maximum Gasteiger partial charge on any atom is 0.155 e. The number of hydrogen-bond acceptors (Lipinski definition) is 4. The van der Waals surface area contributed by atoms with Crippen molar-refractivity contribution in [3.05, 3.63) is 52.5 Å². The molecule has 0 aliphatic heterocycles. The van der Waals surface area contributed by atoms with Crippen LogP contribution in [0.1, 0.15) is 12.5 Å². The quantitative estimate of drug-likeness (QED) is 0.650. The first-order valence-corrected chi connectivity index (χ1v) is 9.21. The zero-order chi connectivity index (χ0) is 14.7. The van der Waals surface area contributed by atoms with Crippen LogP contribution in [0.3, 0.4) is 0 Å². The second-order valence-electron chi connectivity index (χ2n) is 4.58. The fourth-order valence-electron chi connectivity index (χ4n) is 2.02. The third-order valence-corrected chi connectivity index (χ3v) is 5.76. The molecule has 3 rings (SSSR count). The van der Waals surface area contributed by atoms with Crippen LogP contribution in [0.5, 0.6) is 0 Å². The van der Waals surface area contributed by atoms with Crippen molar-refractivity contribution in [1.82, 2.24) is 10.3 Å². The van der Waals surface area contributed by atoms with Crippen molar-refractivity contribution < 1.29 is 0 Å². The Labute approximate surface area is 141 Å². The molecule has 2 aromatic carbocycles. The van der Waals surface area contributed by atoms with Gasteiger partial charge in [0, 0.05) is 15.9 Å². The second kappa shape index (κ2) is 6.92. The number of rotatable bonds is 5. The summed E-state index contributed by atoms with van der Waals surface area (Å²) in [7, 11) is 0. The van der Waals surface area contributed by atoms with Gasteiger partial charge >= 0.3 is 0 Å². The van der Waals surface area contributed by atoms with Crippen molar-refractivity contribution in [2.45, 2.75) is 22.7 Å². The molecule has 0 saturated carbocycles. The lowest BCUT2D eigenvalue weighted by Gasteiger charge is -2.08. The number of halogens is 1. The Morgan fingerprint density at radius 3 is 2.90 bits per heavy atom. The summed E-state index contributed by atoms with van der Waals surface area (Å²) in [4.78, 5) is 5.96. The standard InChI is InChI=1S/C16H15BrN2S2/c1-2-18-10-11-7-8-12(17)9-15(11)21-16-19-13-5-3-4-6-14(13)20-16/h3-9,18H,2,10H2,1H3. The maximum absolute atomic E-state index is 4.70. The number of nitrogens with zero attached hydrogens (tertiary/aromatic N) is 1. The van der Waals surface area contributed by atoms with Gasteiger partial charge in [-0.2, -0.15) is 0 Å². The lowest BCUT2D eigenvalue weighted by atomic mass is 10.2. The summed E-state index contributed by atoms with van der Waals surface area (Å²) < 4.78 is 3.43. The first-order chi connectivity index (χ1) is 10.3. The minimum Gasteiger partial charge on any atom is -0.313 e. The van der Waals surface area contributed by atoms with Crippen molar-refractivity contribution >= 4 is 49.2 Å². The van der Waals surface area contributed by atoms with E-state index in [-0.39, 0.29) is 0 Å². The van der Waals surface area contributed by atoms with Gasteiger partial charge in [-0.15, -0.1) is 11.3 Å². The predicted molar refractivity (Wildman–Crippen MR) is 95.3 cm³/mol. The molecule has 108 valence electrons. The topological polar surface area (TPSA) is 24.9 Å². The Morgan fingerprint density at radius 2 is 2.10 bits per heavy atom. The Kier molecular flexibility index (Phi) is 4.95. The number of para-hydroxylation sites is 1. The maximum atomic E-state index is 4.70. The van der Waals surface area contributed by atoms with Crippen LogP contribution in [0.15, 0.2) is 56.2 Å². The highest BCUT2D eigenvalue weighted by atomic mass is 79.9. The molecule has 5 heteroatoms. The van der Waals surface area contributed by atoms with Gasteiger partial charge in [0.15, 0.2) is 4.34 Å². The van der Waals surface area contributed by atoms with Gasteiger partial charge in [-0.1, -0.05) is 52.8 Å². The average molecular weight is 379 g/mol. The summed E-state index contributed by atoms with van der Waals surface area (Å²) in [5, 5.41) is 3.39. The number of benzene rings is 2. The molecule has 1 aromatic heterocycles. The highest BCUT2D eigenvalue weighted by Gasteiger charge is 2.09. The first-order valence-electron chi connectivity index (χ1n) is 6.79. The van der Waals surface area contributed by atoms with E-state index in [4.69, 9.17) is 4.98 Å². The molecular weight excluding hydrogens is 364 g/mol. The SMILES string of the molecule is CCNCc1ccc(Br)cc1Sc1nc2ccccc2s1. The lowest BCUT2D eigenvalue weighted by Crippen LogP contribution is -2.12. The van der Waals surface area contributed by atoms with E-state index >= 15 is 0 Å². The molecule has 0 spiro atoms. The van der Waals surface area contributed by atoms with Gasteiger partial charge < -0.3 is 5.32 Å². The molecular formula is C16H15BrN2S2. The van der Waals surface area contributed by atoms with Crippen LogP contribution in [0.25, 0.3) is 10.2 Å². The van der Waals surface area contributed by atoms with E-state index in [1.165, 1.54) is 15.2 Å². The molecule has 0 radical (unpaired) electrons. The molecule has 0 saturated heterocycles. The van der Waals surface area contributed by atoms with E-state index < -0.39 is 0 Å². The van der Waals surface area contributed by atoms with Crippen LogP contribution in [-0.2, 0) is 6.54 Å². The van der Waals surface area contributed by atoms with Gasteiger partial charge in [0.1, 0.15) is 0 Å². The molecule has 0 aliphatic rings. The highest BCUT2D eigenvalue weighted by Crippen LogP contribution is 2.37. The summed E-state index contributed by atoms with van der Waals surface area (Å²) in [5.74, 6) is 0. The third kappa shape index (κ3) is 3.66. The average Bonchev–Trinajstić information content (AvgIpc) is 2.88. The number of nitrogens with one attached hydrogen (secondary N) is 1. The van der Waals surface area contributed by atoms with Crippen LogP contribution in [0.2, 0.25) is 0 Å². The van der Waals surface area contributed by atoms with Crippen molar-refractivity contribution in [1.29, 1.82) is 0 Å². The molecule has 0 bridgehead atoms. The smallest absolute Gasteiger partial charge is 0.155 e. The molecule has 0 aliphatic carbocycles. The number of fused-ring (bicyclic) bond motifs is 1. The monoisotopic (exact) mass is 378 g/mol. The fourth-order valence-corrected chi connectivity index (χ4v) is 4.72. The van der Waals surface area contributed by atoms with Crippen LogP contribution in [0.4, 0.5) is 0 Å². The van der Waals surface area contributed by atoms with E-state index in [1.54, 1.807) is 23.1 Å². The minimum atomic E-state index is 0.886. The van der Waals surface area contributed by atoms with E-state index in [9.17, 15) is 0 Å².